The number of hydrogen-bond acceptors (Lipinski definition) is 4. The predicted molar refractivity (Wildman–Crippen MR) is 86.8 cm³/mol. The minimum Gasteiger partial charge on any atom is -0.493 e. The van der Waals surface area contributed by atoms with Gasteiger partial charge in [0, 0.05) is 37.7 Å². The molecule has 1 aliphatic rings. The molecule has 0 spiro atoms. The average Bonchev–Trinajstić information content (AvgIpc) is 3.02. The van der Waals surface area contributed by atoms with Crippen LogP contribution in [0.3, 0.4) is 0 Å². The molecule has 1 saturated heterocycles. The lowest BCUT2D eigenvalue weighted by Gasteiger charge is -2.14. The Hall–Kier alpha value is -2.56. The lowest BCUT2D eigenvalue weighted by molar-refractivity contribution is -0.119. The van der Waals surface area contributed by atoms with E-state index >= 15 is 0 Å². The van der Waals surface area contributed by atoms with Crippen molar-refractivity contribution in [2.45, 2.75) is 18.8 Å². The van der Waals surface area contributed by atoms with Gasteiger partial charge >= 0.3 is 0 Å². The first-order chi connectivity index (χ1) is 11.3. The average molecular weight is 312 g/mol. The van der Waals surface area contributed by atoms with E-state index in [1.165, 1.54) is 5.56 Å². The van der Waals surface area contributed by atoms with E-state index in [0.717, 1.165) is 17.7 Å². The van der Waals surface area contributed by atoms with Crippen LogP contribution in [0.4, 0.5) is 0 Å². The highest BCUT2D eigenvalue weighted by molar-refractivity contribution is 5.79. The number of benzene rings is 1. The normalized spacial score (nSPS) is 16.9. The van der Waals surface area contributed by atoms with Gasteiger partial charge in [-0.05, 0) is 35.4 Å². The fourth-order valence-corrected chi connectivity index (χ4v) is 2.73. The summed E-state index contributed by atoms with van der Waals surface area (Å²) >= 11 is 0. The molecule has 0 radical (unpaired) electrons. The zero-order valence-electron chi connectivity index (χ0n) is 13.1. The summed E-state index contributed by atoms with van der Waals surface area (Å²) in [5, 5.41) is 2.86. The third-order valence-corrected chi connectivity index (χ3v) is 4.03. The molecule has 0 saturated carbocycles. The second kappa shape index (κ2) is 7.13. The molecular weight excluding hydrogens is 292 g/mol. The van der Waals surface area contributed by atoms with E-state index in [2.05, 4.69) is 10.3 Å². The second-order valence-electron chi connectivity index (χ2n) is 5.57. The number of pyridine rings is 1. The number of aromatic nitrogens is 1. The number of ether oxygens (including phenoxy) is 2. The lowest BCUT2D eigenvalue weighted by Crippen LogP contribution is -2.13. The number of nitrogens with zero attached hydrogens (tertiary/aromatic N) is 1. The minimum atomic E-state index is 0.103. The van der Waals surface area contributed by atoms with Gasteiger partial charge in [0.2, 0.25) is 5.91 Å². The molecule has 1 aromatic carbocycles. The van der Waals surface area contributed by atoms with Gasteiger partial charge in [-0.1, -0.05) is 6.07 Å². The second-order valence-corrected chi connectivity index (χ2v) is 5.57. The molecule has 120 valence electrons. The quantitative estimate of drug-likeness (QED) is 0.889. The number of nitrogens with one attached hydrogen (secondary N) is 1. The summed E-state index contributed by atoms with van der Waals surface area (Å²) in [7, 11) is 1.63. The Morgan fingerprint density at radius 2 is 2.04 bits per heavy atom. The summed E-state index contributed by atoms with van der Waals surface area (Å²) in [4.78, 5) is 15.4. The Bertz CT molecular complexity index is 673. The molecule has 1 aliphatic heterocycles. The first kappa shape index (κ1) is 15.3. The number of carbonyl (C=O) groups is 1. The highest BCUT2D eigenvalue weighted by Gasteiger charge is 2.23. The van der Waals surface area contributed by atoms with E-state index in [4.69, 9.17) is 9.47 Å². The van der Waals surface area contributed by atoms with Crippen LogP contribution in [-0.4, -0.2) is 31.2 Å². The molecule has 1 N–H and O–H groups in total. The molecule has 0 aliphatic carbocycles. The summed E-state index contributed by atoms with van der Waals surface area (Å²) in [5.74, 6) is 1.74. The van der Waals surface area contributed by atoms with Gasteiger partial charge in [0.1, 0.15) is 0 Å². The van der Waals surface area contributed by atoms with Gasteiger partial charge < -0.3 is 14.8 Å². The van der Waals surface area contributed by atoms with Gasteiger partial charge in [0.25, 0.3) is 0 Å². The van der Waals surface area contributed by atoms with E-state index < -0.39 is 0 Å². The maximum absolute atomic E-state index is 11.4. The molecule has 1 amide bonds. The summed E-state index contributed by atoms with van der Waals surface area (Å²) in [6.07, 6.45) is 4.89. The first-order valence-corrected chi connectivity index (χ1v) is 7.72. The van der Waals surface area contributed by atoms with Crippen molar-refractivity contribution in [3.8, 4) is 11.5 Å². The fraction of sp³-hybridized carbons (Fsp3) is 0.333. The molecular formula is C18H20N2O3. The standard InChI is InChI=1S/C18H20N2O3/c1-22-16-3-2-14(15-11-18(21)20-12-15)10-17(16)23-9-6-13-4-7-19-8-5-13/h2-5,7-8,10,15H,6,9,11-12H2,1H3,(H,20,21). The molecule has 1 aromatic heterocycles. The molecule has 1 fully saturated rings. The number of hydrogen-bond donors (Lipinski definition) is 1. The van der Waals surface area contributed by atoms with Crippen LogP contribution in [0.25, 0.3) is 0 Å². The lowest BCUT2D eigenvalue weighted by atomic mass is 9.98. The van der Waals surface area contributed by atoms with Crippen LogP contribution in [0.5, 0.6) is 11.5 Å². The van der Waals surface area contributed by atoms with E-state index in [1.807, 2.05) is 30.3 Å². The molecule has 23 heavy (non-hydrogen) atoms. The Kier molecular flexibility index (Phi) is 4.76. The number of carbonyl (C=O) groups excluding carboxylic acids is 1. The SMILES string of the molecule is COc1ccc(C2CNC(=O)C2)cc1OCCc1ccncc1. The van der Waals surface area contributed by atoms with E-state index in [1.54, 1.807) is 19.5 Å². The van der Waals surface area contributed by atoms with Crippen molar-refractivity contribution in [2.24, 2.45) is 0 Å². The Balaban J connectivity index is 1.68. The van der Waals surface area contributed by atoms with Gasteiger partial charge in [-0.15, -0.1) is 0 Å². The van der Waals surface area contributed by atoms with Gasteiger partial charge in [0.05, 0.1) is 13.7 Å². The molecule has 0 bridgehead atoms. The van der Waals surface area contributed by atoms with Gasteiger partial charge in [-0.2, -0.15) is 0 Å². The minimum absolute atomic E-state index is 0.103. The molecule has 2 heterocycles. The topological polar surface area (TPSA) is 60.5 Å². The van der Waals surface area contributed by atoms with Crippen molar-refractivity contribution in [3.05, 3.63) is 53.9 Å². The van der Waals surface area contributed by atoms with Crippen LogP contribution in [0.2, 0.25) is 0 Å². The van der Waals surface area contributed by atoms with Crippen LogP contribution < -0.4 is 14.8 Å². The van der Waals surface area contributed by atoms with E-state index in [9.17, 15) is 4.79 Å². The summed E-state index contributed by atoms with van der Waals surface area (Å²) in [6.45, 7) is 1.24. The zero-order valence-corrected chi connectivity index (χ0v) is 13.1. The number of methoxy groups -OCH3 is 1. The molecule has 5 heteroatoms. The van der Waals surface area contributed by atoms with Crippen molar-refractivity contribution < 1.29 is 14.3 Å². The predicted octanol–water partition coefficient (Wildman–Crippen LogP) is 2.32. The van der Waals surface area contributed by atoms with Crippen LogP contribution in [-0.2, 0) is 11.2 Å². The Labute approximate surface area is 135 Å². The Morgan fingerprint density at radius 3 is 2.74 bits per heavy atom. The van der Waals surface area contributed by atoms with Crippen LogP contribution >= 0.6 is 0 Å². The van der Waals surface area contributed by atoms with Gasteiger partial charge in [0.15, 0.2) is 11.5 Å². The maximum atomic E-state index is 11.4. The van der Waals surface area contributed by atoms with Crippen molar-refractivity contribution in [1.82, 2.24) is 10.3 Å². The first-order valence-electron chi connectivity index (χ1n) is 7.72. The van der Waals surface area contributed by atoms with Gasteiger partial charge in [-0.25, -0.2) is 0 Å². The highest BCUT2D eigenvalue weighted by Crippen LogP contribution is 2.33. The molecule has 1 atom stereocenters. The van der Waals surface area contributed by atoms with Crippen LogP contribution in [0.15, 0.2) is 42.7 Å². The Morgan fingerprint density at radius 1 is 1.22 bits per heavy atom. The number of amides is 1. The summed E-state index contributed by atoms with van der Waals surface area (Å²) in [5.41, 5.74) is 2.28. The molecule has 5 nitrogen and oxygen atoms in total. The van der Waals surface area contributed by atoms with E-state index in [-0.39, 0.29) is 11.8 Å². The zero-order chi connectivity index (χ0) is 16.1. The van der Waals surface area contributed by atoms with Gasteiger partial charge in [-0.3, -0.25) is 9.78 Å². The molecule has 1 unspecified atom stereocenters. The maximum Gasteiger partial charge on any atom is 0.220 e. The third-order valence-electron chi connectivity index (χ3n) is 4.03. The van der Waals surface area contributed by atoms with Crippen molar-refractivity contribution >= 4 is 5.91 Å². The fourth-order valence-electron chi connectivity index (χ4n) is 2.73. The summed E-state index contributed by atoms with van der Waals surface area (Å²) in [6, 6.07) is 9.84. The molecule has 2 aromatic rings. The van der Waals surface area contributed by atoms with E-state index in [0.29, 0.717) is 25.3 Å². The smallest absolute Gasteiger partial charge is 0.220 e. The molecule has 3 rings (SSSR count). The monoisotopic (exact) mass is 312 g/mol. The van der Waals surface area contributed by atoms with Crippen molar-refractivity contribution in [3.63, 3.8) is 0 Å². The van der Waals surface area contributed by atoms with Crippen molar-refractivity contribution in [1.29, 1.82) is 0 Å². The van der Waals surface area contributed by atoms with Crippen LogP contribution in [0, 0.1) is 0 Å². The van der Waals surface area contributed by atoms with Crippen LogP contribution in [0.1, 0.15) is 23.5 Å². The highest BCUT2D eigenvalue weighted by atomic mass is 16.5. The third kappa shape index (κ3) is 3.80. The summed E-state index contributed by atoms with van der Waals surface area (Å²) < 4.78 is 11.3. The number of rotatable bonds is 6. The van der Waals surface area contributed by atoms with Crippen molar-refractivity contribution in [2.75, 3.05) is 20.3 Å². The largest absolute Gasteiger partial charge is 0.493 e.